The number of carbonyl (C=O) groups is 1. The Hall–Kier alpha value is -3.22. The molecular weight excluding hydrogens is 306 g/mol. The molecule has 0 unspecified atom stereocenters. The van der Waals surface area contributed by atoms with Crippen LogP contribution in [-0.2, 0) is 0 Å². The van der Waals surface area contributed by atoms with Crippen LogP contribution in [0.3, 0.4) is 0 Å². The van der Waals surface area contributed by atoms with Crippen molar-refractivity contribution in [3.8, 4) is 0 Å². The van der Waals surface area contributed by atoms with E-state index in [4.69, 9.17) is 4.52 Å². The van der Waals surface area contributed by atoms with Crippen LogP contribution >= 0.6 is 0 Å². The molecule has 2 N–H and O–H groups in total. The number of nitrogens with one attached hydrogen (secondary N) is 2. The summed E-state index contributed by atoms with van der Waals surface area (Å²) in [6.07, 6.45) is 0. The normalized spacial score (nSPS) is 10.5. The molecule has 1 aromatic carbocycles. The van der Waals surface area contributed by atoms with Gasteiger partial charge in [0.15, 0.2) is 11.6 Å². The zero-order valence-electron chi connectivity index (χ0n) is 13.6. The van der Waals surface area contributed by atoms with Gasteiger partial charge in [-0.15, -0.1) is 0 Å². The van der Waals surface area contributed by atoms with Crippen LogP contribution in [0.5, 0.6) is 0 Å². The first-order valence-corrected chi connectivity index (χ1v) is 7.43. The van der Waals surface area contributed by atoms with E-state index in [2.05, 4.69) is 25.8 Å². The number of nitrogens with zero attached hydrogens (tertiary/aromatic N) is 3. The van der Waals surface area contributed by atoms with Crippen molar-refractivity contribution in [2.45, 2.75) is 20.8 Å². The topological polar surface area (TPSA) is 92.9 Å². The predicted octanol–water partition coefficient (Wildman–Crippen LogP) is 3.77. The quantitative estimate of drug-likeness (QED) is 0.690. The highest BCUT2D eigenvalue weighted by molar-refractivity contribution is 5.95. The van der Waals surface area contributed by atoms with Crippen LogP contribution < -0.4 is 10.6 Å². The first kappa shape index (κ1) is 15.7. The van der Waals surface area contributed by atoms with E-state index in [9.17, 15) is 4.79 Å². The monoisotopic (exact) mass is 323 g/mol. The molecule has 7 heteroatoms. The van der Waals surface area contributed by atoms with E-state index in [0.29, 0.717) is 28.9 Å². The summed E-state index contributed by atoms with van der Waals surface area (Å²) in [4.78, 5) is 20.2. The van der Waals surface area contributed by atoms with Gasteiger partial charge in [-0.1, -0.05) is 17.3 Å². The van der Waals surface area contributed by atoms with E-state index in [1.54, 1.807) is 18.2 Å². The van der Waals surface area contributed by atoms with Gasteiger partial charge in [0.2, 0.25) is 5.95 Å². The lowest BCUT2D eigenvalue weighted by atomic mass is 10.1. The Kier molecular flexibility index (Phi) is 4.24. The largest absolute Gasteiger partial charge is 0.360 e. The second-order valence-corrected chi connectivity index (χ2v) is 5.43. The van der Waals surface area contributed by atoms with Gasteiger partial charge in [-0.3, -0.25) is 4.79 Å². The fraction of sp³-hybridized carbons (Fsp3) is 0.176. The lowest BCUT2D eigenvalue weighted by Gasteiger charge is -2.09. The first-order chi connectivity index (χ1) is 11.5. The van der Waals surface area contributed by atoms with Crippen molar-refractivity contribution in [2.75, 3.05) is 10.6 Å². The Balaban J connectivity index is 1.83. The Morgan fingerprint density at radius 3 is 2.58 bits per heavy atom. The molecule has 3 aromatic rings. The zero-order valence-corrected chi connectivity index (χ0v) is 13.6. The van der Waals surface area contributed by atoms with Gasteiger partial charge in [-0.05, 0) is 32.9 Å². The van der Waals surface area contributed by atoms with Gasteiger partial charge in [0.1, 0.15) is 11.6 Å². The highest BCUT2D eigenvalue weighted by atomic mass is 16.5. The van der Waals surface area contributed by atoms with Gasteiger partial charge in [0.05, 0.1) is 0 Å². The second-order valence-electron chi connectivity index (χ2n) is 5.43. The number of rotatable bonds is 5. The minimum absolute atomic E-state index is 0.0151. The molecule has 24 heavy (non-hydrogen) atoms. The number of aryl methyl sites for hydroxylation is 2. The van der Waals surface area contributed by atoms with Crippen LogP contribution in [0.4, 0.5) is 23.3 Å². The van der Waals surface area contributed by atoms with Crippen LogP contribution in [0.15, 0.2) is 40.9 Å². The second kappa shape index (κ2) is 6.49. The fourth-order valence-corrected chi connectivity index (χ4v) is 2.19. The molecule has 0 saturated carbocycles. The minimum Gasteiger partial charge on any atom is -0.360 e. The fourth-order valence-electron chi connectivity index (χ4n) is 2.19. The van der Waals surface area contributed by atoms with Crippen molar-refractivity contribution >= 4 is 29.1 Å². The third-order valence-corrected chi connectivity index (χ3v) is 3.26. The Morgan fingerprint density at radius 2 is 1.88 bits per heavy atom. The average Bonchev–Trinajstić information content (AvgIpc) is 2.92. The van der Waals surface area contributed by atoms with E-state index in [1.807, 2.05) is 32.0 Å². The smallest absolute Gasteiger partial charge is 0.230 e. The molecule has 0 amide bonds. The van der Waals surface area contributed by atoms with Gasteiger partial charge in [-0.2, -0.15) is 4.98 Å². The number of ketones is 1. The Bertz CT molecular complexity index is 888. The van der Waals surface area contributed by atoms with E-state index >= 15 is 0 Å². The summed E-state index contributed by atoms with van der Waals surface area (Å²) in [5.41, 5.74) is 2.21. The number of aromatic nitrogens is 3. The van der Waals surface area contributed by atoms with Crippen LogP contribution in [0, 0.1) is 13.8 Å². The average molecular weight is 323 g/mol. The summed E-state index contributed by atoms with van der Waals surface area (Å²) in [6, 6.07) is 10.8. The van der Waals surface area contributed by atoms with Gasteiger partial charge in [-0.25, -0.2) is 4.98 Å². The lowest BCUT2D eigenvalue weighted by Crippen LogP contribution is -2.03. The maximum absolute atomic E-state index is 11.5. The van der Waals surface area contributed by atoms with Gasteiger partial charge >= 0.3 is 0 Å². The summed E-state index contributed by atoms with van der Waals surface area (Å²) < 4.78 is 5.01. The number of benzene rings is 1. The van der Waals surface area contributed by atoms with E-state index in [1.165, 1.54) is 6.92 Å². The lowest BCUT2D eigenvalue weighted by molar-refractivity contribution is 0.101. The number of hydrogen-bond donors (Lipinski definition) is 2. The predicted molar refractivity (Wildman–Crippen MR) is 91.0 cm³/mol. The van der Waals surface area contributed by atoms with Crippen LogP contribution in [0.1, 0.15) is 28.7 Å². The van der Waals surface area contributed by atoms with Crippen molar-refractivity contribution in [1.29, 1.82) is 0 Å². The molecule has 0 aliphatic carbocycles. The number of Topliss-reactive ketones (excluding diaryl/α,β-unsaturated/α-hetero) is 1. The van der Waals surface area contributed by atoms with Crippen LogP contribution in [0.2, 0.25) is 0 Å². The van der Waals surface area contributed by atoms with Crippen LogP contribution in [-0.4, -0.2) is 20.9 Å². The molecule has 0 aliphatic rings. The molecule has 0 saturated heterocycles. The van der Waals surface area contributed by atoms with Crippen LogP contribution in [0.25, 0.3) is 0 Å². The zero-order chi connectivity index (χ0) is 17.1. The maximum atomic E-state index is 11.5. The number of hydrogen-bond acceptors (Lipinski definition) is 7. The molecule has 0 atom stereocenters. The first-order valence-electron chi connectivity index (χ1n) is 7.43. The molecule has 2 aromatic heterocycles. The van der Waals surface area contributed by atoms with Gasteiger partial charge in [0, 0.05) is 29.1 Å². The van der Waals surface area contributed by atoms with Gasteiger partial charge < -0.3 is 15.2 Å². The van der Waals surface area contributed by atoms with Crippen molar-refractivity contribution in [1.82, 2.24) is 15.1 Å². The summed E-state index contributed by atoms with van der Waals surface area (Å²) in [6.45, 7) is 5.22. The summed E-state index contributed by atoms with van der Waals surface area (Å²) in [7, 11) is 0. The van der Waals surface area contributed by atoms with Crippen molar-refractivity contribution in [2.24, 2.45) is 0 Å². The molecule has 0 aliphatic heterocycles. The summed E-state index contributed by atoms with van der Waals surface area (Å²) in [5, 5.41) is 10.0. The Morgan fingerprint density at radius 1 is 1.04 bits per heavy atom. The van der Waals surface area contributed by atoms with Crippen molar-refractivity contribution in [3.05, 3.63) is 53.4 Å². The van der Waals surface area contributed by atoms with Gasteiger partial charge in [0.25, 0.3) is 0 Å². The molecule has 0 bridgehead atoms. The summed E-state index contributed by atoms with van der Waals surface area (Å²) >= 11 is 0. The Labute approximate surface area is 139 Å². The number of anilines is 4. The standard InChI is InChI=1S/C17H17N5O2/c1-10-7-15(19-14-6-4-5-13(9-14)12(3)23)20-17(18-10)21-16-8-11(2)24-22-16/h4-9H,1-3H3,(H2,18,19,20,21,22). The molecule has 2 heterocycles. The SMILES string of the molecule is CC(=O)c1cccc(Nc2cc(C)nc(Nc3cc(C)on3)n2)c1. The maximum Gasteiger partial charge on any atom is 0.230 e. The molecule has 0 radical (unpaired) electrons. The summed E-state index contributed by atoms with van der Waals surface area (Å²) in [5.74, 6) is 2.29. The highest BCUT2D eigenvalue weighted by Crippen LogP contribution is 2.20. The van der Waals surface area contributed by atoms with E-state index in [-0.39, 0.29) is 5.78 Å². The van der Waals surface area contributed by atoms with Crippen molar-refractivity contribution < 1.29 is 9.32 Å². The third-order valence-electron chi connectivity index (χ3n) is 3.26. The van der Waals surface area contributed by atoms with Crippen molar-refractivity contribution in [3.63, 3.8) is 0 Å². The highest BCUT2D eigenvalue weighted by Gasteiger charge is 2.07. The van der Waals surface area contributed by atoms with E-state index in [0.717, 1.165) is 11.4 Å². The molecule has 0 spiro atoms. The molecule has 7 nitrogen and oxygen atoms in total. The third kappa shape index (κ3) is 3.75. The molecule has 3 rings (SSSR count). The molecule has 0 fully saturated rings. The van der Waals surface area contributed by atoms with E-state index < -0.39 is 0 Å². The number of carbonyl (C=O) groups excluding carboxylic acids is 1. The molecular formula is C17H17N5O2. The molecule has 122 valence electrons. The minimum atomic E-state index is 0.0151.